The molecule has 0 aliphatic rings. The Bertz CT molecular complexity index is 483. The third-order valence-electron chi connectivity index (χ3n) is 2.47. The first kappa shape index (κ1) is 12.9. The molecule has 0 bridgehead atoms. The van der Waals surface area contributed by atoms with Crippen LogP contribution in [0.1, 0.15) is 19.2 Å². The lowest BCUT2D eigenvalue weighted by atomic mass is 10.3. The van der Waals surface area contributed by atoms with Crippen LogP contribution in [0.3, 0.4) is 0 Å². The standard InChI is InChI=1S/C12H16N4OS/c1-3-8-16-12(13-14-15-16)9-18-11-6-4-10(17-2)5-7-11/h4-7H,3,8-9H2,1-2H3. The van der Waals surface area contributed by atoms with Gasteiger partial charge in [-0.15, -0.1) is 16.9 Å². The molecule has 5 nitrogen and oxygen atoms in total. The number of aromatic nitrogens is 4. The maximum atomic E-state index is 5.12. The van der Waals surface area contributed by atoms with Gasteiger partial charge in [0.2, 0.25) is 0 Å². The van der Waals surface area contributed by atoms with Gasteiger partial charge in [-0.05, 0) is 41.1 Å². The molecule has 96 valence electrons. The van der Waals surface area contributed by atoms with E-state index in [1.165, 1.54) is 4.90 Å². The Morgan fingerprint density at radius 1 is 1.28 bits per heavy atom. The zero-order valence-electron chi connectivity index (χ0n) is 10.5. The summed E-state index contributed by atoms with van der Waals surface area (Å²) < 4.78 is 6.98. The highest BCUT2D eigenvalue weighted by molar-refractivity contribution is 7.98. The van der Waals surface area contributed by atoms with Crippen LogP contribution >= 0.6 is 11.8 Å². The van der Waals surface area contributed by atoms with Crippen molar-refractivity contribution < 1.29 is 4.74 Å². The number of benzene rings is 1. The minimum absolute atomic E-state index is 0.777. The number of nitrogens with zero attached hydrogens (tertiary/aromatic N) is 4. The van der Waals surface area contributed by atoms with Crippen molar-refractivity contribution in [3.63, 3.8) is 0 Å². The number of methoxy groups -OCH3 is 1. The third kappa shape index (κ3) is 3.22. The molecule has 1 aromatic heterocycles. The highest BCUT2D eigenvalue weighted by Crippen LogP contribution is 2.23. The highest BCUT2D eigenvalue weighted by Gasteiger charge is 2.05. The number of rotatable bonds is 6. The molecule has 0 aliphatic carbocycles. The lowest BCUT2D eigenvalue weighted by Crippen LogP contribution is -2.04. The fourth-order valence-corrected chi connectivity index (χ4v) is 2.36. The summed E-state index contributed by atoms with van der Waals surface area (Å²) in [6, 6.07) is 7.99. The number of tetrazole rings is 1. The average Bonchev–Trinajstić information content (AvgIpc) is 2.85. The van der Waals surface area contributed by atoms with E-state index in [0.717, 1.165) is 30.3 Å². The molecule has 1 aromatic carbocycles. The van der Waals surface area contributed by atoms with E-state index in [4.69, 9.17) is 4.74 Å². The Hall–Kier alpha value is -1.56. The van der Waals surface area contributed by atoms with Crippen LogP contribution in [-0.2, 0) is 12.3 Å². The molecule has 0 atom stereocenters. The Morgan fingerprint density at radius 3 is 2.72 bits per heavy atom. The van der Waals surface area contributed by atoms with Crippen molar-refractivity contribution in [1.82, 2.24) is 20.2 Å². The van der Waals surface area contributed by atoms with Crippen molar-refractivity contribution >= 4 is 11.8 Å². The van der Waals surface area contributed by atoms with Crippen molar-refractivity contribution in [3.8, 4) is 5.75 Å². The van der Waals surface area contributed by atoms with Gasteiger partial charge in [-0.1, -0.05) is 6.92 Å². The van der Waals surface area contributed by atoms with E-state index < -0.39 is 0 Å². The second-order valence-electron chi connectivity index (χ2n) is 3.78. The smallest absolute Gasteiger partial charge is 0.161 e. The molecule has 2 rings (SSSR count). The molecule has 0 amide bonds. The Labute approximate surface area is 111 Å². The molecule has 0 spiro atoms. The molecule has 0 saturated carbocycles. The predicted molar refractivity (Wildman–Crippen MR) is 70.7 cm³/mol. The lowest BCUT2D eigenvalue weighted by Gasteiger charge is -2.04. The molecule has 0 fully saturated rings. The summed E-state index contributed by atoms with van der Waals surface area (Å²) in [7, 11) is 1.67. The maximum Gasteiger partial charge on any atom is 0.161 e. The average molecular weight is 264 g/mol. The number of hydrogen-bond donors (Lipinski definition) is 0. The van der Waals surface area contributed by atoms with Crippen molar-refractivity contribution in [1.29, 1.82) is 0 Å². The summed E-state index contributed by atoms with van der Waals surface area (Å²) in [6.07, 6.45) is 1.03. The van der Waals surface area contributed by atoms with Gasteiger partial charge in [0.1, 0.15) is 5.75 Å². The highest BCUT2D eigenvalue weighted by atomic mass is 32.2. The molecule has 0 aliphatic heterocycles. The van der Waals surface area contributed by atoms with Crippen molar-refractivity contribution in [3.05, 3.63) is 30.1 Å². The van der Waals surface area contributed by atoms with Crippen LogP contribution in [0.4, 0.5) is 0 Å². The third-order valence-corrected chi connectivity index (χ3v) is 3.48. The molecule has 0 radical (unpaired) electrons. The summed E-state index contributed by atoms with van der Waals surface area (Å²) in [5, 5.41) is 11.7. The van der Waals surface area contributed by atoms with Crippen molar-refractivity contribution in [2.75, 3.05) is 7.11 Å². The van der Waals surface area contributed by atoms with Crippen LogP contribution in [-0.4, -0.2) is 27.3 Å². The van der Waals surface area contributed by atoms with E-state index in [-0.39, 0.29) is 0 Å². The SMILES string of the molecule is CCCn1nnnc1CSc1ccc(OC)cc1. The van der Waals surface area contributed by atoms with Gasteiger partial charge in [0.25, 0.3) is 0 Å². The first-order chi connectivity index (χ1) is 8.83. The summed E-state index contributed by atoms with van der Waals surface area (Å²) in [4.78, 5) is 1.18. The number of aryl methyl sites for hydroxylation is 1. The lowest BCUT2D eigenvalue weighted by molar-refractivity contribution is 0.414. The topological polar surface area (TPSA) is 52.8 Å². The van der Waals surface area contributed by atoms with Crippen molar-refractivity contribution in [2.45, 2.75) is 30.5 Å². The van der Waals surface area contributed by atoms with E-state index in [1.54, 1.807) is 18.9 Å². The van der Waals surface area contributed by atoms with E-state index in [2.05, 4.69) is 22.4 Å². The molecular formula is C12H16N4OS. The molecule has 6 heteroatoms. The predicted octanol–water partition coefficient (Wildman–Crippen LogP) is 2.38. The first-order valence-electron chi connectivity index (χ1n) is 5.85. The molecule has 0 saturated heterocycles. The second-order valence-corrected chi connectivity index (χ2v) is 4.83. The van der Waals surface area contributed by atoms with Gasteiger partial charge in [0, 0.05) is 11.4 Å². The Morgan fingerprint density at radius 2 is 2.06 bits per heavy atom. The summed E-state index contributed by atoms with van der Waals surface area (Å²) in [6.45, 7) is 2.98. The van der Waals surface area contributed by atoms with Crippen LogP contribution in [0, 0.1) is 0 Å². The summed E-state index contributed by atoms with van der Waals surface area (Å²) in [5.74, 6) is 2.56. The van der Waals surface area contributed by atoms with Gasteiger partial charge >= 0.3 is 0 Å². The van der Waals surface area contributed by atoms with Gasteiger partial charge in [-0.3, -0.25) is 0 Å². The zero-order chi connectivity index (χ0) is 12.8. The fraction of sp³-hybridized carbons (Fsp3) is 0.417. The molecule has 0 unspecified atom stereocenters. The van der Waals surface area contributed by atoms with E-state index in [1.807, 2.05) is 28.9 Å². The van der Waals surface area contributed by atoms with Gasteiger partial charge in [-0.25, -0.2) is 4.68 Å². The number of hydrogen-bond acceptors (Lipinski definition) is 5. The van der Waals surface area contributed by atoms with Gasteiger partial charge in [0.05, 0.1) is 12.9 Å². The maximum absolute atomic E-state index is 5.12. The van der Waals surface area contributed by atoms with Gasteiger partial charge < -0.3 is 4.74 Å². The minimum Gasteiger partial charge on any atom is -0.497 e. The Kier molecular flexibility index (Phi) is 4.58. The normalized spacial score (nSPS) is 10.6. The fourth-order valence-electron chi connectivity index (χ4n) is 1.53. The molecule has 2 aromatic rings. The van der Waals surface area contributed by atoms with E-state index >= 15 is 0 Å². The molecule has 18 heavy (non-hydrogen) atoms. The quantitative estimate of drug-likeness (QED) is 0.750. The van der Waals surface area contributed by atoms with E-state index in [9.17, 15) is 0 Å². The van der Waals surface area contributed by atoms with E-state index in [0.29, 0.717) is 0 Å². The Balaban J connectivity index is 1.95. The summed E-state index contributed by atoms with van der Waals surface area (Å²) >= 11 is 1.72. The first-order valence-corrected chi connectivity index (χ1v) is 6.84. The monoisotopic (exact) mass is 264 g/mol. The zero-order valence-corrected chi connectivity index (χ0v) is 11.4. The number of ether oxygens (including phenoxy) is 1. The molecule has 1 heterocycles. The largest absolute Gasteiger partial charge is 0.497 e. The summed E-state index contributed by atoms with van der Waals surface area (Å²) in [5.41, 5.74) is 0. The van der Waals surface area contributed by atoms with Gasteiger partial charge in [-0.2, -0.15) is 0 Å². The van der Waals surface area contributed by atoms with Gasteiger partial charge in [0.15, 0.2) is 5.82 Å². The number of thioether (sulfide) groups is 1. The van der Waals surface area contributed by atoms with Crippen LogP contribution < -0.4 is 4.74 Å². The minimum atomic E-state index is 0.777. The van der Waals surface area contributed by atoms with Crippen molar-refractivity contribution in [2.24, 2.45) is 0 Å². The molecule has 0 N–H and O–H groups in total. The van der Waals surface area contributed by atoms with Crippen LogP contribution in [0.25, 0.3) is 0 Å². The van der Waals surface area contributed by atoms with Crippen LogP contribution in [0.2, 0.25) is 0 Å². The van der Waals surface area contributed by atoms with Crippen LogP contribution in [0.15, 0.2) is 29.2 Å². The van der Waals surface area contributed by atoms with Crippen LogP contribution in [0.5, 0.6) is 5.75 Å². The second kappa shape index (κ2) is 6.39. The molecular weight excluding hydrogens is 248 g/mol.